The zero-order valence-electron chi connectivity index (χ0n) is 18.4. The van der Waals surface area contributed by atoms with E-state index in [-0.39, 0.29) is 15.7 Å². The SMILES string of the molecule is COc1ccc(-c2nn(-c3ccccc3)cc2/C=N/NC(=O)C(=O)Nc2cccc(Cl)c2Cl)cc1. The fraction of sp³-hybridized carbons (Fsp3) is 0.0400. The Bertz CT molecular complexity index is 1390. The molecule has 8 nitrogen and oxygen atoms in total. The first-order chi connectivity index (χ1) is 17.0. The first-order valence-electron chi connectivity index (χ1n) is 10.3. The average Bonchev–Trinajstić information content (AvgIpc) is 3.31. The Morgan fingerprint density at radius 2 is 1.71 bits per heavy atom. The van der Waals surface area contributed by atoms with Gasteiger partial charge in [-0.3, -0.25) is 9.59 Å². The molecule has 1 heterocycles. The van der Waals surface area contributed by atoms with Crippen LogP contribution < -0.4 is 15.5 Å². The largest absolute Gasteiger partial charge is 0.497 e. The van der Waals surface area contributed by atoms with E-state index in [1.54, 1.807) is 30.1 Å². The van der Waals surface area contributed by atoms with Gasteiger partial charge in [0.15, 0.2) is 0 Å². The van der Waals surface area contributed by atoms with Crippen molar-refractivity contribution in [1.82, 2.24) is 15.2 Å². The molecule has 4 aromatic rings. The number of nitrogens with one attached hydrogen (secondary N) is 2. The molecule has 0 aliphatic rings. The number of methoxy groups -OCH3 is 1. The summed E-state index contributed by atoms with van der Waals surface area (Å²) in [4.78, 5) is 24.5. The Morgan fingerprint density at radius 3 is 2.43 bits per heavy atom. The number of anilines is 1. The highest BCUT2D eigenvalue weighted by molar-refractivity contribution is 6.45. The molecule has 0 radical (unpaired) electrons. The molecule has 0 aliphatic heterocycles. The van der Waals surface area contributed by atoms with Crippen LogP contribution in [0.2, 0.25) is 10.0 Å². The summed E-state index contributed by atoms with van der Waals surface area (Å²) in [7, 11) is 1.59. The third-order valence-corrected chi connectivity index (χ3v) is 5.72. The molecular formula is C25H19Cl2N5O3. The molecular weight excluding hydrogens is 489 g/mol. The summed E-state index contributed by atoms with van der Waals surface area (Å²) < 4.78 is 6.93. The normalized spacial score (nSPS) is 10.8. The van der Waals surface area contributed by atoms with Crippen LogP contribution in [-0.2, 0) is 9.59 Å². The van der Waals surface area contributed by atoms with Crippen molar-refractivity contribution in [2.75, 3.05) is 12.4 Å². The van der Waals surface area contributed by atoms with Crippen LogP contribution in [0.15, 0.2) is 84.1 Å². The van der Waals surface area contributed by atoms with Crippen molar-refractivity contribution < 1.29 is 14.3 Å². The van der Waals surface area contributed by atoms with Gasteiger partial charge in [0.1, 0.15) is 11.4 Å². The molecule has 35 heavy (non-hydrogen) atoms. The zero-order valence-corrected chi connectivity index (χ0v) is 19.9. The van der Waals surface area contributed by atoms with Gasteiger partial charge in [0.2, 0.25) is 0 Å². The third kappa shape index (κ3) is 5.68. The smallest absolute Gasteiger partial charge is 0.329 e. The molecule has 4 rings (SSSR count). The number of nitrogens with zero attached hydrogens (tertiary/aromatic N) is 3. The van der Waals surface area contributed by atoms with Gasteiger partial charge in [-0.1, -0.05) is 47.5 Å². The van der Waals surface area contributed by atoms with Gasteiger partial charge in [0, 0.05) is 17.3 Å². The first kappa shape index (κ1) is 24.0. The van der Waals surface area contributed by atoms with Gasteiger partial charge in [-0.05, 0) is 48.5 Å². The average molecular weight is 508 g/mol. The maximum Gasteiger partial charge on any atom is 0.329 e. The molecule has 10 heteroatoms. The van der Waals surface area contributed by atoms with Crippen LogP contribution in [0.4, 0.5) is 5.69 Å². The Morgan fingerprint density at radius 1 is 0.971 bits per heavy atom. The molecule has 0 spiro atoms. The molecule has 1 aromatic heterocycles. The van der Waals surface area contributed by atoms with Gasteiger partial charge in [0.05, 0.1) is 34.7 Å². The molecule has 176 valence electrons. The van der Waals surface area contributed by atoms with Crippen LogP contribution >= 0.6 is 23.2 Å². The monoisotopic (exact) mass is 507 g/mol. The highest BCUT2D eigenvalue weighted by atomic mass is 35.5. The minimum atomic E-state index is -0.973. The summed E-state index contributed by atoms with van der Waals surface area (Å²) in [5.74, 6) is -1.20. The number of rotatable bonds is 6. The number of hydrogen-bond donors (Lipinski definition) is 2. The number of para-hydroxylation sites is 1. The van der Waals surface area contributed by atoms with Crippen molar-refractivity contribution in [2.45, 2.75) is 0 Å². The maximum absolute atomic E-state index is 12.2. The molecule has 0 fully saturated rings. The fourth-order valence-electron chi connectivity index (χ4n) is 3.16. The van der Waals surface area contributed by atoms with E-state index in [2.05, 4.69) is 20.9 Å². The minimum Gasteiger partial charge on any atom is -0.497 e. The van der Waals surface area contributed by atoms with Crippen molar-refractivity contribution >= 4 is 46.9 Å². The number of carbonyl (C=O) groups is 2. The van der Waals surface area contributed by atoms with E-state index in [4.69, 9.17) is 27.9 Å². The quantitative estimate of drug-likeness (QED) is 0.219. The topological polar surface area (TPSA) is 97.6 Å². The van der Waals surface area contributed by atoms with Crippen LogP contribution in [0.25, 0.3) is 16.9 Å². The van der Waals surface area contributed by atoms with Gasteiger partial charge < -0.3 is 10.1 Å². The molecule has 2 N–H and O–H groups in total. The lowest BCUT2D eigenvalue weighted by molar-refractivity contribution is -0.136. The summed E-state index contributed by atoms with van der Waals surface area (Å²) in [5, 5.41) is 11.4. The number of hydrazone groups is 1. The van der Waals surface area contributed by atoms with Crippen molar-refractivity contribution in [3.8, 4) is 22.7 Å². The van der Waals surface area contributed by atoms with Crippen molar-refractivity contribution in [3.05, 3.63) is 94.6 Å². The minimum absolute atomic E-state index is 0.135. The lowest BCUT2D eigenvalue weighted by atomic mass is 10.1. The zero-order chi connectivity index (χ0) is 24.8. The fourth-order valence-corrected chi connectivity index (χ4v) is 3.51. The molecule has 0 bridgehead atoms. The van der Waals surface area contributed by atoms with Crippen LogP contribution in [0.5, 0.6) is 5.75 Å². The van der Waals surface area contributed by atoms with E-state index < -0.39 is 11.8 Å². The van der Waals surface area contributed by atoms with Crippen LogP contribution in [0.3, 0.4) is 0 Å². The molecule has 3 aromatic carbocycles. The number of halogens is 2. The predicted octanol–water partition coefficient (Wildman–Crippen LogP) is 4.94. The summed E-state index contributed by atoms with van der Waals surface area (Å²) in [6.07, 6.45) is 3.19. The van der Waals surface area contributed by atoms with Gasteiger partial charge in [-0.25, -0.2) is 10.1 Å². The van der Waals surface area contributed by atoms with E-state index in [9.17, 15) is 9.59 Å². The predicted molar refractivity (Wildman–Crippen MR) is 136 cm³/mol. The van der Waals surface area contributed by atoms with Gasteiger partial charge >= 0.3 is 11.8 Å². The molecule has 0 atom stereocenters. The molecule has 0 unspecified atom stereocenters. The van der Waals surface area contributed by atoms with E-state index >= 15 is 0 Å². The number of hydrogen-bond acceptors (Lipinski definition) is 5. The molecule has 2 amide bonds. The Labute approximate surface area is 211 Å². The number of ether oxygens (including phenoxy) is 1. The van der Waals surface area contributed by atoms with Crippen molar-refractivity contribution in [1.29, 1.82) is 0 Å². The Hall–Kier alpha value is -4.14. The van der Waals surface area contributed by atoms with Crippen molar-refractivity contribution in [3.63, 3.8) is 0 Å². The standard InChI is InChI=1S/C25H19Cl2N5O3/c1-35-19-12-10-16(11-13-19)23-17(15-32(31-23)18-6-3-2-4-7-18)14-28-30-25(34)24(33)29-21-9-5-8-20(26)22(21)27/h2-15H,1H3,(H,29,33)(H,30,34)/b28-14+. The lowest BCUT2D eigenvalue weighted by Gasteiger charge is -2.06. The highest BCUT2D eigenvalue weighted by Gasteiger charge is 2.16. The second-order valence-corrected chi connectivity index (χ2v) is 7.98. The summed E-state index contributed by atoms with van der Waals surface area (Å²) >= 11 is 12.0. The molecule has 0 saturated heterocycles. The highest BCUT2D eigenvalue weighted by Crippen LogP contribution is 2.29. The van der Waals surface area contributed by atoms with E-state index in [1.807, 2.05) is 54.6 Å². The van der Waals surface area contributed by atoms with Crippen LogP contribution in [0, 0.1) is 0 Å². The van der Waals surface area contributed by atoms with Gasteiger partial charge in [0.25, 0.3) is 0 Å². The van der Waals surface area contributed by atoms with Crippen LogP contribution in [-0.4, -0.2) is 34.9 Å². The summed E-state index contributed by atoms with van der Waals surface area (Å²) in [5.41, 5.74) is 5.36. The third-order valence-electron chi connectivity index (χ3n) is 4.90. The lowest BCUT2D eigenvalue weighted by Crippen LogP contribution is -2.32. The summed E-state index contributed by atoms with van der Waals surface area (Å²) in [6.45, 7) is 0. The second-order valence-electron chi connectivity index (χ2n) is 7.20. The number of amides is 2. The van der Waals surface area contributed by atoms with Crippen molar-refractivity contribution in [2.24, 2.45) is 5.10 Å². The van der Waals surface area contributed by atoms with E-state index in [0.29, 0.717) is 17.0 Å². The van der Waals surface area contributed by atoms with Gasteiger partial charge in [-0.2, -0.15) is 10.2 Å². The Kier molecular flexibility index (Phi) is 7.45. The summed E-state index contributed by atoms with van der Waals surface area (Å²) in [6, 6.07) is 21.6. The second kappa shape index (κ2) is 10.9. The van der Waals surface area contributed by atoms with E-state index in [1.165, 1.54) is 12.3 Å². The Balaban J connectivity index is 1.54. The number of benzene rings is 3. The van der Waals surface area contributed by atoms with Gasteiger partial charge in [-0.15, -0.1) is 0 Å². The molecule has 0 aliphatic carbocycles. The molecule has 0 saturated carbocycles. The number of aromatic nitrogens is 2. The number of carbonyl (C=O) groups excluding carboxylic acids is 2. The first-order valence-corrected chi connectivity index (χ1v) is 11.1. The van der Waals surface area contributed by atoms with E-state index in [0.717, 1.165) is 11.3 Å². The van der Waals surface area contributed by atoms with Crippen LogP contribution in [0.1, 0.15) is 5.56 Å². The maximum atomic E-state index is 12.2.